The van der Waals surface area contributed by atoms with Gasteiger partial charge in [-0.05, 0) is 68.8 Å². The van der Waals surface area contributed by atoms with Gasteiger partial charge in [0, 0.05) is 28.7 Å². The van der Waals surface area contributed by atoms with E-state index in [4.69, 9.17) is 23.1 Å². The van der Waals surface area contributed by atoms with Gasteiger partial charge in [0.1, 0.15) is 11.6 Å². The molecule has 1 heterocycles. The number of urea groups is 1. The zero-order chi connectivity index (χ0) is 25.8. The van der Waals surface area contributed by atoms with E-state index in [1.165, 1.54) is 36.7 Å². The summed E-state index contributed by atoms with van der Waals surface area (Å²) >= 11 is 5.73. The first-order valence-corrected chi connectivity index (χ1v) is 10.8. The molecule has 8 nitrogen and oxygen atoms in total. The van der Waals surface area contributed by atoms with Crippen molar-refractivity contribution >= 4 is 52.4 Å². The van der Waals surface area contributed by atoms with Crippen LogP contribution >= 0.6 is 11.6 Å². The Morgan fingerprint density at radius 2 is 1.86 bits per heavy atom. The van der Waals surface area contributed by atoms with Crippen molar-refractivity contribution in [2.24, 2.45) is 10.7 Å². The quantitative estimate of drug-likeness (QED) is 0.352. The molecule has 182 valence electrons. The lowest BCUT2D eigenvalue weighted by atomic mass is 10.0. The molecule has 0 bridgehead atoms. The molecule has 11 heteroatoms. The molecule has 0 fully saturated rings. The van der Waals surface area contributed by atoms with Crippen LogP contribution in [0.4, 0.5) is 30.9 Å². The summed E-state index contributed by atoms with van der Waals surface area (Å²) in [6.07, 6.45) is 2.96. The van der Waals surface area contributed by atoms with Crippen molar-refractivity contribution in [1.82, 2.24) is 9.97 Å². The average molecular weight is 500 g/mol. The van der Waals surface area contributed by atoms with Crippen LogP contribution in [0.25, 0.3) is 11.3 Å². The minimum absolute atomic E-state index is 0.0188. The van der Waals surface area contributed by atoms with Crippen molar-refractivity contribution in [3.63, 3.8) is 0 Å². The molecule has 1 aromatic heterocycles. The average Bonchev–Trinajstić information content (AvgIpc) is 2.74. The number of hydrogen-bond acceptors (Lipinski definition) is 6. The minimum Gasteiger partial charge on any atom is -0.396 e. The van der Waals surface area contributed by atoms with Gasteiger partial charge in [-0.3, -0.25) is 4.99 Å². The van der Waals surface area contributed by atoms with Crippen molar-refractivity contribution in [3.05, 3.63) is 76.6 Å². The van der Waals surface area contributed by atoms with Gasteiger partial charge in [-0.25, -0.2) is 23.5 Å². The van der Waals surface area contributed by atoms with Crippen LogP contribution in [0.3, 0.4) is 0 Å². The molecule has 2 amide bonds. The third kappa shape index (κ3) is 7.21. The number of nitrogens with one attached hydrogen (secondary N) is 2. The van der Waals surface area contributed by atoms with E-state index in [0.29, 0.717) is 16.8 Å². The smallest absolute Gasteiger partial charge is 0.323 e. The lowest BCUT2D eigenvalue weighted by Crippen LogP contribution is -2.20. The summed E-state index contributed by atoms with van der Waals surface area (Å²) < 4.78 is 28.6. The first-order valence-electron chi connectivity index (χ1n) is 10.4. The Morgan fingerprint density at radius 1 is 1.11 bits per heavy atom. The normalized spacial score (nSPS) is 12.4. The van der Waals surface area contributed by atoms with E-state index in [-0.39, 0.29) is 28.0 Å². The number of nitrogens with zero attached hydrogens (tertiary/aromatic N) is 3. The third-order valence-electron chi connectivity index (χ3n) is 4.47. The van der Waals surface area contributed by atoms with Gasteiger partial charge in [0.15, 0.2) is 0 Å². The first-order chi connectivity index (χ1) is 16.4. The number of carbonyl (C=O) groups is 1. The lowest BCUT2D eigenvalue weighted by Gasteiger charge is -2.15. The van der Waals surface area contributed by atoms with E-state index in [1.54, 1.807) is 6.07 Å². The number of anilines is 3. The van der Waals surface area contributed by atoms with Gasteiger partial charge in [0.25, 0.3) is 0 Å². The largest absolute Gasteiger partial charge is 0.396 e. The van der Waals surface area contributed by atoms with E-state index in [9.17, 15) is 13.6 Å². The van der Waals surface area contributed by atoms with E-state index < -0.39 is 23.2 Å². The van der Waals surface area contributed by atoms with Gasteiger partial charge in [-0.2, -0.15) is 0 Å². The van der Waals surface area contributed by atoms with Crippen LogP contribution in [-0.2, 0) is 0 Å². The van der Waals surface area contributed by atoms with Gasteiger partial charge in [-0.1, -0.05) is 11.6 Å². The summed E-state index contributed by atoms with van der Waals surface area (Å²) in [5.41, 5.74) is 12.8. The number of nitrogen functional groups attached to an aromatic ring is 1. The number of halogens is 3. The Labute approximate surface area is 206 Å². The van der Waals surface area contributed by atoms with Crippen molar-refractivity contribution in [2.75, 3.05) is 16.4 Å². The molecule has 0 spiro atoms. The van der Waals surface area contributed by atoms with Crippen LogP contribution in [0.15, 0.2) is 53.7 Å². The standard InChI is InChI=1S/C24H24ClF2N7O/c1-24(2,3)31-12-17(21(28)20-6-7-30-22(29)33-20)13-8-15(26)11-16(9-13)32-23(35)34-19-5-4-14(25)10-18(19)27/h4-12H,28H2,1-3H3,(H2,29,30,33)(H2,32,34,35). The van der Waals surface area contributed by atoms with E-state index in [1.807, 2.05) is 20.8 Å². The maximum Gasteiger partial charge on any atom is 0.323 e. The summed E-state index contributed by atoms with van der Waals surface area (Å²) in [4.78, 5) is 24.9. The Balaban J connectivity index is 1.99. The van der Waals surface area contributed by atoms with Gasteiger partial charge in [0.2, 0.25) is 5.95 Å². The highest BCUT2D eigenvalue weighted by molar-refractivity contribution is 6.30. The van der Waals surface area contributed by atoms with Crippen molar-refractivity contribution in [3.8, 4) is 0 Å². The summed E-state index contributed by atoms with van der Waals surface area (Å²) in [6, 6.07) is 8.42. The van der Waals surface area contributed by atoms with Crippen LogP contribution in [0.1, 0.15) is 32.0 Å². The van der Waals surface area contributed by atoms with Crippen molar-refractivity contribution in [1.29, 1.82) is 0 Å². The molecule has 0 saturated carbocycles. The number of nitrogens with two attached hydrogens (primary N) is 2. The molecule has 35 heavy (non-hydrogen) atoms. The Bertz CT molecular complexity index is 1320. The number of hydrogen-bond donors (Lipinski definition) is 4. The second kappa shape index (κ2) is 10.5. The summed E-state index contributed by atoms with van der Waals surface area (Å²) in [5.74, 6) is -1.34. The van der Waals surface area contributed by atoms with Gasteiger partial charge in [0.05, 0.1) is 22.6 Å². The van der Waals surface area contributed by atoms with Gasteiger partial charge < -0.3 is 22.1 Å². The number of aliphatic imine (C=N–C) groups is 1. The minimum atomic E-state index is -0.784. The van der Waals surface area contributed by atoms with Crippen LogP contribution in [-0.4, -0.2) is 27.8 Å². The second-order valence-electron chi connectivity index (χ2n) is 8.49. The second-order valence-corrected chi connectivity index (χ2v) is 8.92. The van der Waals surface area contributed by atoms with Crippen molar-refractivity contribution in [2.45, 2.75) is 26.3 Å². The van der Waals surface area contributed by atoms with Gasteiger partial charge >= 0.3 is 6.03 Å². The number of rotatable bonds is 5. The number of aromatic nitrogens is 2. The zero-order valence-corrected chi connectivity index (χ0v) is 20.0. The van der Waals surface area contributed by atoms with Gasteiger partial charge in [-0.15, -0.1) is 0 Å². The molecule has 3 rings (SSSR count). The molecular formula is C24H24ClF2N7O. The van der Waals surface area contributed by atoms with Crippen molar-refractivity contribution < 1.29 is 13.6 Å². The van der Waals surface area contributed by atoms with E-state index in [0.717, 1.165) is 12.1 Å². The van der Waals surface area contributed by atoms with Crippen LogP contribution in [0.2, 0.25) is 5.02 Å². The maximum atomic E-state index is 14.6. The Kier molecular flexibility index (Phi) is 7.65. The summed E-state index contributed by atoms with van der Waals surface area (Å²) in [5, 5.41) is 5.02. The fourth-order valence-electron chi connectivity index (χ4n) is 2.91. The molecule has 0 radical (unpaired) electrons. The van der Waals surface area contributed by atoms with E-state index >= 15 is 0 Å². The molecular weight excluding hydrogens is 476 g/mol. The first kappa shape index (κ1) is 25.6. The highest BCUT2D eigenvalue weighted by atomic mass is 35.5. The number of carbonyl (C=O) groups excluding carboxylic acids is 1. The fourth-order valence-corrected chi connectivity index (χ4v) is 3.07. The highest BCUT2D eigenvalue weighted by Crippen LogP contribution is 2.26. The molecule has 0 aliphatic heterocycles. The Morgan fingerprint density at radius 3 is 2.51 bits per heavy atom. The molecule has 6 N–H and O–H groups in total. The highest BCUT2D eigenvalue weighted by Gasteiger charge is 2.15. The molecule has 0 aliphatic rings. The Hall–Kier alpha value is -4.05. The maximum absolute atomic E-state index is 14.6. The van der Waals surface area contributed by atoms with Crippen LogP contribution in [0.5, 0.6) is 0 Å². The fraction of sp³-hybridized carbons (Fsp3) is 0.167. The number of amides is 2. The third-order valence-corrected chi connectivity index (χ3v) is 4.70. The number of allylic oxidation sites excluding steroid dienone is 1. The van der Waals surface area contributed by atoms with E-state index in [2.05, 4.69) is 25.6 Å². The predicted octanol–water partition coefficient (Wildman–Crippen LogP) is 5.33. The molecule has 0 unspecified atom stereocenters. The zero-order valence-electron chi connectivity index (χ0n) is 19.2. The number of benzene rings is 2. The SMILES string of the molecule is CC(C)(C)N=CC(=C(N)c1ccnc(N)n1)c1cc(F)cc(NC(=O)Nc2ccc(Cl)cc2F)c1. The topological polar surface area (TPSA) is 131 Å². The monoisotopic (exact) mass is 499 g/mol. The van der Waals surface area contributed by atoms with Crippen LogP contribution < -0.4 is 22.1 Å². The molecule has 3 aromatic rings. The molecule has 0 atom stereocenters. The molecule has 0 aliphatic carbocycles. The predicted molar refractivity (Wildman–Crippen MR) is 136 cm³/mol. The molecule has 2 aromatic carbocycles. The summed E-state index contributed by atoms with van der Waals surface area (Å²) in [6.45, 7) is 5.66. The summed E-state index contributed by atoms with van der Waals surface area (Å²) in [7, 11) is 0. The lowest BCUT2D eigenvalue weighted by molar-refractivity contribution is 0.262. The van der Waals surface area contributed by atoms with Crippen LogP contribution in [0, 0.1) is 11.6 Å². The molecule has 0 saturated heterocycles.